The summed E-state index contributed by atoms with van der Waals surface area (Å²) in [6.07, 6.45) is -4.59. The van der Waals surface area contributed by atoms with Crippen molar-refractivity contribution in [3.05, 3.63) is 33.9 Å². The van der Waals surface area contributed by atoms with E-state index in [2.05, 4.69) is 5.32 Å². The van der Waals surface area contributed by atoms with Gasteiger partial charge in [0, 0.05) is 6.07 Å². The second-order valence-electron chi connectivity index (χ2n) is 3.93. The van der Waals surface area contributed by atoms with Gasteiger partial charge in [-0.15, -0.1) is 0 Å². The number of nitrogens with one attached hydrogen (secondary N) is 1. The van der Waals surface area contributed by atoms with Crippen LogP contribution in [0.2, 0.25) is 0 Å². The Morgan fingerprint density at radius 2 is 2.10 bits per heavy atom. The molecule has 0 heterocycles. The lowest BCUT2D eigenvalue weighted by Crippen LogP contribution is -2.28. The van der Waals surface area contributed by atoms with Crippen LogP contribution >= 0.6 is 0 Å². The molecule has 6 nitrogen and oxygen atoms in total. The number of halogens is 3. The van der Waals surface area contributed by atoms with Gasteiger partial charge in [-0.3, -0.25) is 10.1 Å². The van der Waals surface area contributed by atoms with Crippen molar-refractivity contribution < 1.29 is 28.0 Å². The highest BCUT2D eigenvalue weighted by molar-refractivity contribution is 5.79. The van der Waals surface area contributed by atoms with Gasteiger partial charge in [-0.25, -0.2) is 4.79 Å². The fourth-order valence-corrected chi connectivity index (χ4v) is 1.51. The number of carboxylic acid groups (broad SMARTS) is 1. The minimum Gasteiger partial charge on any atom is -0.480 e. The van der Waals surface area contributed by atoms with E-state index in [1.165, 1.54) is 6.92 Å². The van der Waals surface area contributed by atoms with Crippen LogP contribution < -0.4 is 5.32 Å². The van der Waals surface area contributed by atoms with Crippen LogP contribution in [0.5, 0.6) is 0 Å². The third kappa shape index (κ3) is 3.59. The highest BCUT2D eigenvalue weighted by Gasteiger charge is 2.33. The van der Waals surface area contributed by atoms with E-state index < -0.39 is 34.4 Å². The number of benzene rings is 1. The van der Waals surface area contributed by atoms with Gasteiger partial charge in [0.1, 0.15) is 11.7 Å². The van der Waals surface area contributed by atoms with E-state index in [4.69, 9.17) is 5.11 Å². The maximum atomic E-state index is 12.5. The molecule has 0 aliphatic carbocycles. The smallest absolute Gasteiger partial charge is 0.416 e. The number of hydrogen-bond donors (Lipinski definition) is 2. The fraction of sp³-hybridized carbons (Fsp3) is 0.364. The number of anilines is 1. The van der Waals surface area contributed by atoms with Gasteiger partial charge in [-0.05, 0) is 18.6 Å². The van der Waals surface area contributed by atoms with Crippen LogP contribution in [0.15, 0.2) is 18.2 Å². The number of alkyl halides is 3. The first-order valence-corrected chi connectivity index (χ1v) is 5.51. The van der Waals surface area contributed by atoms with E-state index in [0.717, 1.165) is 6.07 Å². The minimum absolute atomic E-state index is 0.119. The quantitative estimate of drug-likeness (QED) is 0.643. The summed E-state index contributed by atoms with van der Waals surface area (Å²) in [5, 5.41) is 22.0. The Morgan fingerprint density at radius 3 is 2.50 bits per heavy atom. The molecule has 2 N–H and O–H groups in total. The number of nitro benzene ring substituents is 1. The van der Waals surface area contributed by atoms with Crippen LogP contribution in [0, 0.1) is 10.1 Å². The normalized spacial score (nSPS) is 12.8. The zero-order valence-electron chi connectivity index (χ0n) is 10.3. The number of nitro groups is 1. The van der Waals surface area contributed by atoms with E-state index >= 15 is 0 Å². The Bertz CT molecular complexity index is 531. The van der Waals surface area contributed by atoms with Crippen LogP contribution in [0.4, 0.5) is 24.5 Å². The molecule has 9 heteroatoms. The van der Waals surface area contributed by atoms with Gasteiger partial charge in [0.25, 0.3) is 5.69 Å². The van der Waals surface area contributed by atoms with Gasteiger partial charge in [0.2, 0.25) is 0 Å². The first-order valence-electron chi connectivity index (χ1n) is 5.51. The number of carboxylic acids is 1. The molecule has 0 saturated carbocycles. The topological polar surface area (TPSA) is 92.5 Å². The SMILES string of the molecule is CCC(Nc1ccc(C(F)(F)F)cc1[N+](=O)[O-])C(=O)O. The number of nitrogens with zero attached hydrogens (tertiary/aromatic N) is 1. The summed E-state index contributed by atoms with van der Waals surface area (Å²) in [7, 11) is 0. The maximum absolute atomic E-state index is 12.5. The Hall–Kier alpha value is -2.32. The minimum atomic E-state index is -4.71. The molecular formula is C11H11F3N2O4. The van der Waals surface area contributed by atoms with Gasteiger partial charge < -0.3 is 10.4 Å². The summed E-state index contributed by atoms with van der Waals surface area (Å²) in [5.74, 6) is -1.25. The molecule has 0 fully saturated rings. The van der Waals surface area contributed by atoms with E-state index in [1.807, 2.05) is 0 Å². The van der Waals surface area contributed by atoms with Crippen molar-refractivity contribution in [2.45, 2.75) is 25.6 Å². The molecule has 0 radical (unpaired) electrons. The fourth-order valence-electron chi connectivity index (χ4n) is 1.51. The number of carbonyl (C=O) groups is 1. The van der Waals surface area contributed by atoms with Gasteiger partial charge in [0.15, 0.2) is 0 Å². The van der Waals surface area contributed by atoms with Crippen molar-refractivity contribution in [3.8, 4) is 0 Å². The van der Waals surface area contributed by atoms with Crippen molar-refractivity contribution in [1.82, 2.24) is 0 Å². The van der Waals surface area contributed by atoms with Crippen molar-refractivity contribution in [1.29, 1.82) is 0 Å². The van der Waals surface area contributed by atoms with Gasteiger partial charge in [0.05, 0.1) is 10.5 Å². The van der Waals surface area contributed by atoms with Crippen LogP contribution in [-0.2, 0) is 11.0 Å². The predicted molar refractivity (Wildman–Crippen MR) is 63.4 cm³/mol. The molecule has 1 aromatic carbocycles. The molecule has 0 aliphatic heterocycles. The Balaban J connectivity index is 3.21. The average molecular weight is 292 g/mol. The molecule has 0 aromatic heterocycles. The molecular weight excluding hydrogens is 281 g/mol. The number of rotatable bonds is 5. The van der Waals surface area contributed by atoms with Crippen LogP contribution in [-0.4, -0.2) is 22.0 Å². The lowest BCUT2D eigenvalue weighted by molar-refractivity contribution is -0.384. The van der Waals surface area contributed by atoms with Crippen LogP contribution in [0.25, 0.3) is 0 Å². The first-order chi connectivity index (χ1) is 9.16. The summed E-state index contributed by atoms with van der Waals surface area (Å²) in [5.41, 5.74) is -2.25. The molecule has 110 valence electrons. The number of hydrogen-bond acceptors (Lipinski definition) is 4. The Labute approximate surface area is 111 Å². The number of aliphatic carboxylic acids is 1. The standard InChI is InChI=1S/C11H11F3N2O4/c1-2-7(10(17)18)15-8-4-3-6(11(12,13)14)5-9(8)16(19)20/h3-5,7,15H,2H2,1H3,(H,17,18). The Morgan fingerprint density at radius 1 is 1.50 bits per heavy atom. The molecule has 0 saturated heterocycles. The molecule has 1 atom stereocenters. The second-order valence-corrected chi connectivity index (χ2v) is 3.93. The molecule has 1 unspecified atom stereocenters. The summed E-state index contributed by atoms with van der Waals surface area (Å²) in [4.78, 5) is 20.6. The highest BCUT2D eigenvalue weighted by Crippen LogP contribution is 2.35. The molecule has 0 amide bonds. The molecule has 0 aliphatic rings. The highest BCUT2D eigenvalue weighted by atomic mass is 19.4. The van der Waals surface area contributed by atoms with E-state index in [9.17, 15) is 28.1 Å². The van der Waals surface area contributed by atoms with Crippen LogP contribution in [0.3, 0.4) is 0 Å². The molecule has 20 heavy (non-hydrogen) atoms. The summed E-state index contributed by atoms with van der Waals surface area (Å²) in [6.45, 7) is 1.53. The third-order valence-electron chi connectivity index (χ3n) is 2.56. The lowest BCUT2D eigenvalue weighted by atomic mass is 10.1. The van der Waals surface area contributed by atoms with E-state index in [1.54, 1.807) is 0 Å². The third-order valence-corrected chi connectivity index (χ3v) is 2.56. The zero-order chi connectivity index (χ0) is 15.5. The zero-order valence-corrected chi connectivity index (χ0v) is 10.3. The molecule has 0 bridgehead atoms. The molecule has 1 rings (SSSR count). The first kappa shape index (κ1) is 15.7. The van der Waals surface area contributed by atoms with Crippen molar-refractivity contribution >= 4 is 17.3 Å². The Kier molecular flexibility index (Phi) is 4.53. The monoisotopic (exact) mass is 292 g/mol. The molecule has 0 spiro atoms. The largest absolute Gasteiger partial charge is 0.480 e. The van der Waals surface area contributed by atoms with Gasteiger partial charge in [-0.2, -0.15) is 13.2 Å². The summed E-state index contributed by atoms with van der Waals surface area (Å²) >= 11 is 0. The van der Waals surface area contributed by atoms with E-state index in [-0.39, 0.29) is 12.1 Å². The van der Waals surface area contributed by atoms with Gasteiger partial charge >= 0.3 is 12.1 Å². The van der Waals surface area contributed by atoms with Gasteiger partial charge in [-0.1, -0.05) is 6.92 Å². The van der Waals surface area contributed by atoms with Crippen molar-refractivity contribution in [2.75, 3.05) is 5.32 Å². The average Bonchev–Trinajstić information content (AvgIpc) is 2.34. The molecule has 1 aromatic rings. The van der Waals surface area contributed by atoms with Crippen LogP contribution in [0.1, 0.15) is 18.9 Å². The van der Waals surface area contributed by atoms with E-state index in [0.29, 0.717) is 12.1 Å². The summed E-state index contributed by atoms with van der Waals surface area (Å²) in [6, 6.07) is 0.762. The van der Waals surface area contributed by atoms with Crippen molar-refractivity contribution in [2.24, 2.45) is 0 Å². The van der Waals surface area contributed by atoms with Crippen molar-refractivity contribution in [3.63, 3.8) is 0 Å². The summed E-state index contributed by atoms with van der Waals surface area (Å²) < 4.78 is 37.4. The second kappa shape index (κ2) is 5.76. The predicted octanol–water partition coefficient (Wildman–Crippen LogP) is 2.89. The maximum Gasteiger partial charge on any atom is 0.416 e. The lowest BCUT2D eigenvalue weighted by Gasteiger charge is -2.15.